The highest BCUT2D eigenvalue weighted by molar-refractivity contribution is 5.92. The van der Waals surface area contributed by atoms with Gasteiger partial charge in [-0.15, -0.1) is 0 Å². The number of benzene rings is 3. The highest BCUT2D eigenvalue weighted by atomic mass is 16.5. The van der Waals surface area contributed by atoms with Crippen LogP contribution >= 0.6 is 0 Å². The largest absolute Gasteiger partial charge is 0.497 e. The number of amides is 1. The van der Waals surface area contributed by atoms with Gasteiger partial charge in [-0.2, -0.15) is 0 Å². The number of carbonyl (C=O) groups is 1. The molecule has 4 heteroatoms. The SMILES string of the molecule is COc1ccc(CC(=O)Nc2cccc(OCCCc3ccccc3)c2)cc1. The third kappa shape index (κ3) is 6.16. The number of nitrogens with one attached hydrogen (secondary N) is 1. The van der Waals surface area contributed by atoms with Crippen molar-refractivity contribution in [2.75, 3.05) is 19.0 Å². The van der Waals surface area contributed by atoms with Gasteiger partial charge < -0.3 is 14.8 Å². The first-order valence-electron chi connectivity index (χ1n) is 9.42. The summed E-state index contributed by atoms with van der Waals surface area (Å²) in [6, 6.07) is 25.4. The summed E-state index contributed by atoms with van der Waals surface area (Å²) in [5.41, 5.74) is 2.98. The van der Waals surface area contributed by atoms with Crippen molar-refractivity contribution in [2.24, 2.45) is 0 Å². The highest BCUT2D eigenvalue weighted by Gasteiger charge is 2.06. The molecule has 0 radical (unpaired) electrons. The van der Waals surface area contributed by atoms with Gasteiger partial charge >= 0.3 is 0 Å². The number of hydrogen-bond donors (Lipinski definition) is 1. The van der Waals surface area contributed by atoms with Crippen LogP contribution in [0.3, 0.4) is 0 Å². The molecule has 3 rings (SSSR count). The van der Waals surface area contributed by atoms with E-state index in [1.807, 2.05) is 66.7 Å². The molecule has 0 aromatic heterocycles. The number of ether oxygens (including phenoxy) is 2. The summed E-state index contributed by atoms with van der Waals surface area (Å²) in [4.78, 5) is 12.3. The lowest BCUT2D eigenvalue weighted by atomic mass is 10.1. The Kier molecular flexibility index (Phi) is 7.08. The minimum atomic E-state index is -0.0635. The van der Waals surface area contributed by atoms with Gasteiger partial charge in [-0.05, 0) is 48.2 Å². The summed E-state index contributed by atoms with van der Waals surface area (Å²) in [6.07, 6.45) is 2.24. The van der Waals surface area contributed by atoms with Crippen LogP contribution in [-0.2, 0) is 17.6 Å². The van der Waals surface area contributed by atoms with Crippen molar-refractivity contribution in [1.82, 2.24) is 0 Å². The Balaban J connectivity index is 1.46. The monoisotopic (exact) mass is 375 g/mol. The molecule has 0 aliphatic heterocycles. The van der Waals surface area contributed by atoms with Crippen LogP contribution in [0.1, 0.15) is 17.5 Å². The molecule has 0 bridgehead atoms. The van der Waals surface area contributed by atoms with Gasteiger partial charge in [0.25, 0.3) is 0 Å². The summed E-state index contributed by atoms with van der Waals surface area (Å²) < 4.78 is 11.0. The third-order valence-corrected chi connectivity index (χ3v) is 4.36. The van der Waals surface area contributed by atoms with Gasteiger partial charge in [-0.25, -0.2) is 0 Å². The van der Waals surface area contributed by atoms with Crippen LogP contribution < -0.4 is 14.8 Å². The Morgan fingerprint density at radius 2 is 1.64 bits per heavy atom. The van der Waals surface area contributed by atoms with Crippen molar-refractivity contribution < 1.29 is 14.3 Å². The quantitative estimate of drug-likeness (QED) is 0.542. The lowest BCUT2D eigenvalue weighted by molar-refractivity contribution is -0.115. The molecule has 28 heavy (non-hydrogen) atoms. The van der Waals surface area contributed by atoms with Gasteiger partial charge in [0.2, 0.25) is 5.91 Å². The number of hydrogen-bond acceptors (Lipinski definition) is 3. The average Bonchev–Trinajstić information content (AvgIpc) is 2.73. The van der Waals surface area contributed by atoms with Crippen molar-refractivity contribution in [3.05, 3.63) is 90.0 Å². The van der Waals surface area contributed by atoms with Gasteiger partial charge in [-0.3, -0.25) is 4.79 Å². The lowest BCUT2D eigenvalue weighted by Crippen LogP contribution is -2.14. The van der Waals surface area contributed by atoms with E-state index in [1.165, 1.54) is 5.56 Å². The number of anilines is 1. The Morgan fingerprint density at radius 3 is 2.39 bits per heavy atom. The summed E-state index contributed by atoms with van der Waals surface area (Å²) >= 11 is 0. The molecule has 0 aliphatic rings. The van der Waals surface area contributed by atoms with Crippen LogP contribution in [0.5, 0.6) is 11.5 Å². The molecule has 0 saturated heterocycles. The van der Waals surface area contributed by atoms with Crippen molar-refractivity contribution in [1.29, 1.82) is 0 Å². The Morgan fingerprint density at radius 1 is 0.857 bits per heavy atom. The minimum Gasteiger partial charge on any atom is -0.497 e. The van der Waals surface area contributed by atoms with E-state index in [1.54, 1.807) is 7.11 Å². The summed E-state index contributed by atoms with van der Waals surface area (Å²) in [6.45, 7) is 0.637. The first-order valence-corrected chi connectivity index (χ1v) is 9.42. The maximum atomic E-state index is 12.3. The summed E-state index contributed by atoms with van der Waals surface area (Å²) in [5.74, 6) is 1.47. The number of rotatable bonds is 9. The standard InChI is InChI=1S/C24H25NO3/c1-27-22-14-12-20(13-15-22)17-24(26)25-21-10-5-11-23(18-21)28-16-6-9-19-7-3-2-4-8-19/h2-5,7-8,10-15,18H,6,9,16-17H2,1H3,(H,25,26). The summed E-state index contributed by atoms with van der Waals surface area (Å²) in [5, 5.41) is 2.93. The zero-order valence-electron chi connectivity index (χ0n) is 16.1. The van der Waals surface area contributed by atoms with Crippen LogP contribution in [-0.4, -0.2) is 19.6 Å². The van der Waals surface area contributed by atoms with E-state index in [4.69, 9.17) is 9.47 Å². The van der Waals surface area contributed by atoms with E-state index < -0.39 is 0 Å². The van der Waals surface area contributed by atoms with E-state index >= 15 is 0 Å². The second kappa shape index (κ2) is 10.2. The van der Waals surface area contributed by atoms with Crippen molar-refractivity contribution in [3.63, 3.8) is 0 Å². The molecule has 0 aliphatic carbocycles. The topological polar surface area (TPSA) is 47.6 Å². The zero-order valence-corrected chi connectivity index (χ0v) is 16.1. The van der Waals surface area contributed by atoms with Crippen LogP contribution in [0, 0.1) is 0 Å². The molecule has 0 unspecified atom stereocenters. The first-order chi connectivity index (χ1) is 13.7. The van der Waals surface area contributed by atoms with Gasteiger partial charge in [0, 0.05) is 11.8 Å². The maximum Gasteiger partial charge on any atom is 0.228 e. The number of aryl methyl sites for hydroxylation is 1. The second-order valence-corrected chi connectivity index (χ2v) is 6.54. The van der Waals surface area contributed by atoms with Crippen molar-refractivity contribution in [2.45, 2.75) is 19.3 Å². The molecule has 3 aromatic carbocycles. The molecule has 4 nitrogen and oxygen atoms in total. The van der Waals surface area contributed by atoms with Crippen molar-refractivity contribution >= 4 is 11.6 Å². The molecule has 0 fully saturated rings. The molecule has 1 N–H and O–H groups in total. The van der Waals surface area contributed by atoms with Crippen molar-refractivity contribution in [3.8, 4) is 11.5 Å². The van der Waals surface area contributed by atoms with Crippen LogP contribution in [0.25, 0.3) is 0 Å². The molecule has 1 amide bonds. The van der Waals surface area contributed by atoms with E-state index in [0.29, 0.717) is 13.0 Å². The van der Waals surface area contributed by atoms with Gasteiger partial charge in [0.1, 0.15) is 11.5 Å². The fourth-order valence-corrected chi connectivity index (χ4v) is 2.91. The van der Waals surface area contributed by atoms with Crippen LogP contribution in [0.4, 0.5) is 5.69 Å². The third-order valence-electron chi connectivity index (χ3n) is 4.36. The van der Waals surface area contributed by atoms with E-state index in [9.17, 15) is 4.79 Å². The molecule has 0 saturated carbocycles. The Labute approximate surface area is 166 Å². The molecule has 0 spiro atoms. The fourth-order valence-electron chi connectivity index (χ4n) is 2.91. The van der Waals surface area contributed by atoms with Gasteiger partial charge in [-0.1, -0.05) is 48.5 Å². The number of carbonyl (C=O) groups excluding carboxylic acids is 1. The van der Waals surface area contributed by atoms with Crippen LogP contribution in [0.2, 0.25) is 0 Å². The van der Waals surface area contributed by atoms with Gasteiger partial charge in [0.05, 0.1) is 20.1 Å². The maximum absolute atomic E-state index is 12.3. The van der Waals surface area contributed by atoms with Gasteiger partial charge in [0.15, 0.2) is 0 Å². The molecule has 0 heterocycles. The number of methoxy groups -OCH3 is 1. The Hall–Kier alpha value is -3.27. The smallest absolute Gasteiger partial charge is 0.228 e. The van der Waals surface area contributed by atoms with Crippen LogP contribution in [0.15, 0.2) is 78.9 Å². The molecule has 144 valence electrons. The molecular weight excluding hydrogens is 350 g/mol. The minimum absolute atomic E-state index is 0.0635. The predicted molar refractivity (Wildman–Crippen MR) is 112 cm³/mol. The first kappa shape index (κ1) is 19.5. The van der Waals surface area contributed by atoms with E-state index in [2.05, 4.69) is 17.4 Å². The molecular formula is C24H25NO3. The second-order valence-electron chi connectivity index (χ2n) is 6.54. The lowest BCUT2D eigenvalue weighted by Gasteiger charge is -2.10. The molecule has 3 aromatic rings. The fraction of sp³-hybridized carbons (Fsp3) is 0.208. The molecule has 0 atom stereocenters. The zero-order chi connectivity index (χ0) is 19.6. The normalized spacial score (nSPS) is 10.3. The predicted octanol–water partition coefficient (Wildman–Crippen LogP) is 4.89. The Bertz CT molecular complexity index is 876. The highest BCUT2D eigenvalue weighted by Crippen LogP contribution is 2.18. The average molecular weight is 375 g/mol. The van der Waals surface area contributed by atoms with E-state index in [-0.39, 0.29) is 5.91 Å². The van der Waals surface area contributed by atoms with E-state index in [0.717, 1.165) is 35.6 Å². The summed E-state index contributed by atoms with van der Waals surface area (Å²) in [7, 11) is 1.62.